The lowest BCUT2D eigenvalue weighted by Gasteiger charge is -2.17. The zero-order valence-corrected chi connectivity index (χ0v) is 10.3. The topological polar surface area (TPSA) is 25.2 Å². The van der Waals surface area contributed by atoms with Gasteiger partial charge in [0.15, 0.2) is 0 Å². The van der Waals surface area contributed by atoms with Crippen molar-refractivity contribution in [1.82, 2.24) is 5.32 Å². The van der Waals surface area contributed by atoms with Gasteiger partial charge >= 0.3 is 0 Å². The van der Waals surface area contributed by atoms with Gasteiger partial charge in [0.1, 0.15) is 16.7 Å². The van der Waals surface area contributed by atoms with Crippen LogP contribution in [0.2, 0.25) is 0 Å². The third kappa shape index (κ3) is 1.74. The van der Waals surface area contributed by atoms with Crippen LogP contribution in [0.5, 0.6) is 0 Å². The van der Waals surface area contributed by atoms with Gasteiger partial charge in [0, 0.05) is 16.7 Å². The average Bonchev–Trinajstić information content (AvgIpc) is 2.80. The number of furan rings is 1. The highest BCUT2D eigenvalue weighted by atomic mass is 32.2. The first-order valence-corrected chi connectivity index (χ1v) is 6.57. The van der Waals surface area contributed by atoms with E-state index in [1.165, 1.54) is 5.39 Å². The fourth-order valence-electron chi connectivity index (χ4n) is 2.01. The minimum Gasteiger partial charge on any atom is -0.458 e. The lowest BCUT2D eigenvalue weighted by atomic mass is 10.1. The van der Waals surface area contributed by atoms with E-state index in [4.69, 9.17) is 4.42 Å². The molecule has 1 aromatic carbocycles. The Hall–Kier alpha value is -0.930. The van der Waals surface area contributed by atoms with Crippen LogP contribution in [0.3, 0.4) is 0 Å². The number of nitrogens with one attached hydrogen (secondary N) is 1. The number of fused-ring (bicyclic) bond motifs is 1. The summed E-state index contributed by atoms with van der Waals surface area (Å²) in [6.07, 6.45) is 0. The normalized spacial score (nSPS) is 24.0. The van der Waals surface area contributed by atoms with Crippen LogP contribution in [0.15, 0.2) is 34.7 Å². The molecule has 1 aliphatic rings. The second-order valence-electron chi connectivity index (χ2n) is 4.91. The van der Waals surface area contributed by atoms with Crippen molar-refractivity contribution >= 4 is 22.7 Å². The standard InChI is InChI=1S/C13H15NOS/c1-13(2)8-16-12(14-13)11-7-9-5-3-4-6-10(9)15-11/h3-7,12,14H,8H2,1-2H3. The maximum Gasteiger partial charge on any atom is 0.134 e. The van der Waals surface area contributed by atoms with E-state index in [0.717, 1.165) is 17.1 Å². The van der Waals surface area contributed by atoms with Gasteiger partial charge in [-0.2, -0.15) is 0 Å². The van der Waals surface area contributed by atoms with Crippen LogP contribution in [0.25, 0.3) is 11.0 Å². The lowest BCUT2D eigenvalue weighted by molar-refractivity contribution is 0.418. The highest BCUT2D eigenvalue weighted by Gasteiger charge is 2.33. The molecular weight excluding hydrogens is 218 g/mol. The van der Waals surface area contributed by atoms with Crippen LogP contribution in [-0.4, -0.2) is 11.3 Å². The van der Waals surface area contributed by atoms with Crippen molar-refractivity contribution in [3.8, 4) is 0 Å². The summed E-state index contributed by atoms with van der Waals surface area (Å²) in [4.78, 5) is 0. The summed E-state index contributed by atoms with van der Waals surface area (Å²) < 4.78 is 5.86. The Balaban J connectivity index is 1.95. The summed E-state index contributed by atoms with van der Waals surface area (Å²) in [7, 11) is 0. The molecule has 1 unspecified atom stereocenters. The summed E-state index contributed by atoms with van der Waals surface area (Å²) in [5.74, 6) is 2.16. The van der Waals surface area contributed by atoms with Crippen LogP contribution in [-0.2, 0) is 0 Å². The van der Waals surface area contributed by atoms with E-state index in [0.29, 0.717) is 5.37 Å². The van der Waals surface area contributed by atoms with Crippen molar-refractivity contribution < 1.29 is 4.42 Å². The molecule has 84 valence electrons. The van der Waals surface area contributed by atoms with Gasteiger partial charge in [-0.3, -0.25) is 5.32 Å². The zero-order valence-electron chi connectivity index (χ0n) is 9.49. The average molecular weight is 233 g/mol. The predicted octanol–water partition coefficient (Wildman–Crippen LogP) is 3.55. The molecule has 1 fully saturated rings. The molecule has 2 heterocycles. The molecule has 1 aliphatic heterocycles. The second kappa shape index (κ2) is 3.54. The molecule has 2 aromatic rings. The highest BCUT2D eigenvalue weighted by molar-refractivity contribution is 7.99. The first-order valence-electron chi connectivity index (χ1n) is 5.52. The summed E-state index contributed by atoms with van der Waals surface area (Å²) in [5, 5.41) is 5.06. The van der Waals surface area contributed by atoms with Crippen molar-refractivity contribution in [3.05, 3.63) is 36.1 Å². The minimum atomic E-state index is 0.203. The molecule has 3 heteroatoms. The van der Waals surface area contributed by atoms with Crippen molar-refractivity contribution in [3.63, 3.8) is 0 Å². The molecule has 0 saturated carbocycles. The molecular formula is C13H15NOS. The Morgan fingerprint density at radius 1 is 1.38 bits per heavy atom. The van der Waals surface area contributed by atoms with Crippen LogP contribution < -0.4 is 5.32 Å². The van der Waals surface area contributed by atoms with E-state index in [1.54, 1.807) is 0 Å². The summed E-state index contributed by atoms with van der Waals surface area (Å²) in [6, 6.07) is 10.3. The molecule has 0 radical (unpaired) electrons. The van der Waals surface area contributed by atoms with E-state index in [9.17, 15) is 0 Å². The van der Waals surface area contributed by atoms with Gasteiger partial charge in [-0.05, 0) is 26.0 Å². The van der Waals surface area contributed by atoms with Crippen LogP contribution in [0, 0.1) is 0 Å². The number of para-hydroxylation sites is 1. The quantitative estimate of drug-likeness (QED) is 0.815. The first kappa shape index (κ1) is 10.2. The van der Waals surface area contributed by atoms with Crippen molar-refractivity contribution in [2.45, 2.75) is 24.8 Å². The monoisotopic (exact) mass is 233 g/mol. The van der Waals surface area contributed by atoms with E-state index < -0.39 is 0 Å². The first-order chi connectivity index (χ1) is 7.64. The van der Waals surface area contributed by atoms with E-state index in [-0.39, 0.29) is 5.54 Å². The molecule has 0 bridgehead atoms. The summed E-state index contributed by atoms with van der Waals surface area (Å²) in [5.41, 5.74) is 1.18. The SMILES string of the molecule is CC1(C)CSC(c2cc3ccccc3o2)N1. The molecule has 1 aromatic heterocycles. The fourth-order valence-corrected chi connectivity index (χ4v) is 3.36. The van der Waals surface area contributed by atoms with E-state index in [2.05, 4.69) is 31.3 Å². The van der Waals surface area contributed by atoms with Crippen molar-refractivity contribution in [2.24, 2.45) is 0 Å². The second-order valence-corrected chi connectivity index (χ2v) is 6.00. The van der Waals surface area contributed by atoms with Crippen molar-refractivity contribution in [1.29, 1.82) is 0 Å². The molecule has 0 spiro atoms. The maximum atomic E-state index is 5.86. The molecule has 0 amide bonds. The molecule has 1 N–H and O–H groups in total. The number of thioether (sulfide) groups is 1. The molecule has 1 atom stereocenters. The van der Waals surface area contributed by atoms with Gasteiger partial charge in [-0.25, -0.2) is 0 Å². The van der Waals surface area contributed by atoms with Crippen LogP contribution >= 0.6 is 11.8 Å². The Morgan fingerprint density at radius 2 is 2.19 bits per heavy atom. The van der Waals surface area contributed by atoms with Gasteiger partial charge in [0.2, 0.25) is 0 Å². The maximum absolute atomic E-state index is 5.86. The lowest BCUT2D eigenvalue weighted by Crippen LogP contribution is -2.35. The Kier molecular flexibility index (Phi) is 2.26. The third-order valence-corrected chi connectivity index (χ3v) is 4.41. The van der Waals surface area contributed by atoms with Crippen molar-refractivity contribution in [2.75, 3.05) is 5.75 Å². The molecule has 16 heavy (non-hydrogen) atoms. The smallest absolute Gasteiger partial charge is 0.134 e. The highest BCUT2D eigenvalue weighted by Crippen LogP contribution is 2.39. The van der Waals surface area contributed by atoms with Gasteiger partial charge in [-0.15, -0.1) is 11.8 Å². The zero-order chi connectivity index (χ0) is 11.2. The van der Waals surface area contributed by atoms with Gasteiger partial charge in [0.25, 0.3) is 0 Å². The minimum absolute atomic E-state index is 0.203. The molecule has 0 aliphatic carbocycles. The Morgan fingerprint density at radius 3 is 2.88 bits per heavy atom. The third-order valence-electron chi connectivity index (χ3n) is 2.84. The van der Waals surface area contributed by atoms with Gasteiger partial charge in [0.05, 0.1) is 0 Å². The number of hydrogen-bond donors (Lipinski definition) is 1. The van der Waals surface area contributed by atoms with Gasteiger partial charge < -0.3 is 4.42 Å². The summed E-state index contributed by atoms with van der Waals surface area (Å²) in [6.45, 7) is 4.45. The largest absolute Gasteiger partial charge is 0.458 e. The van der Waals surface area contributed by atoms with E-state index in [1.807, 2.05) is 30.0 Å². The Labute approximate surface area is 99.4 Å². The van der Waals surface area contributed by atoms with Crippen LogP contribution in [0.1, 0.15) is 25.0 Å². The molecule has 1 saturated heterocycles. The number of rotatable bonds is 1. The predicted molar refractivity (Wildman–Crippen MR) is 68.6 cm³/mol. The summed E-state index contributed by atoms with van der Waals surface area (Å²) >= 11 is 1.91. The van der Waals surface area contributed by atoms with Crippen LogP contribution in [0.4, 0.5) is 0 Å². The fraction of sp³-hybridized carbons (Fsp3) is 0.385. The number of hydrogen-bond acceptors (Lipinski definition) is 3. The molecule has 3 rings (SSSR count). The number of benzene rings is 1. The Bertz CT molecular complexity index is 484. The van der Waals surface area contributed by atoms with E-state index >= 15 is 0 Å². The van der Waals surface area contributed by atoms with Gasteiger partial charge in [-0.1, -0.05) is 18.2 Å². The molecule has 2 nitrogen and oxygen atoms in total.